The largest absolute Gasteiger partial charge is 0.392 e. The molecule has 1 aromatic rings. The summed E-state index contributed by atoms with van der Waals surface area (Å²) in [5, 5.41) is 13.8. The number of aliphatic hydroxyl groups is 1. The Balaban J connectivity index is 2.15. The van der Waals surface area contributed by atoms with Crippen LogP contribution in [0.4, 0.5) is 5.82 Å². The van der Waals surface area contributed by atoms with Crippen LogP contribution in [0.1, 0.15) is 57.6 Å². The molecule has 1 aliphatic rings. The summed E-state index contributed by atoms with van der Waals surface area (Å²) in [6.45, 7) is 11.0. The third-order valence-electron chi connectivity index (χ3n) is 4.44. The van der Waals surface area contributed by atoms with Gasteiger partial charge in [-0.2, -0.15) is 0 Å². The highest BCUT2D eigenvalue weighted by atomic mass is 16.3. The Hall–Kier alpha value is -1.16. The Morgan fingerprint density at radius 3 is 2.52 bits per heavy atom. The standard InChI is InChI=1S/C17H29N3O/c1-11(2)15(21)17(4,5)10-18-16-13-8-6-7-9-14(13)19-12(3)20-16/h11,15,21H,6-10H2,1-5H3,(H,18,19,20). The van der Waals surface area contributed by atoms with E-state index in [2.05, 4.69) is 43.0 Å². The molecule has 2 rings (SSSR count). The van der Waals surface area contributed by atoms with Crippen molar-refractivity contribution in [3.8, 4) is 0 Å². The molecule has 0 aliphatic heterocycles. The van der Waals surface area contributed by atoms with Crippen LogP contribution in [0, 0.1) is 18.3 Å². The number of aryl methyl sites for hydroxylation is 2. The van der Waals surface area contributed by atoms with E-state index in [-0.39, 0.29) is 17.4 Å². The maximum absolute atomic E-state index is 10.4. The van der Waals surface area contributed by atoms with Crippen LogP contribution >= 0.6 is 0 Å². The predicted molar refractivity (Wildman–Crippen MR) is 86.5 cm³/mol. The fourth-order valence-electron chi connectivity index (χ4n) is 3.18. The van der Waals surface area contributed by atoms with E-state index in [0.717, 1.165) is 31.0 Å². The number of hydrogen-bond acceptors (Lipinski definition) is 4. The van der Waals surface area contributed by atoms with E-state index < -0.39 is 0 Å². The zero-order chi connectivity index (χ0) is 15.6. The molecular formula is C17H29N3O. The lowest BCUT2D eigenvalue weighted by molar-refractivity contribution is 0.0210. The minimum Gasteiger partial charge on any atom is -0.392 e. The zero-order valence-corrected chi connectivity index (χ0v) is 14.0. The van der Waals surface area contributed by atoms with Crippen LogP contribution in [0.3, 0.4) is 0 Å². The van der Waals surface area contributed by atoms with Crippen LogP contribution in [0.2, 0.25) is 0 Å². The predicted octanol–water partition coefficient (Wildman–Crippen LogP) is 3.12. The molecule has 0 saturated carbocycles. The van der Waals surface area contributed by atoms with E-state index in [1.807, 2.05) is 6.92 Å². The summed E-state index contributed by atoms with van der Waals surface area (Å²) in [5.41, 5.74) is 2.30. The van der Waals surface area contributed by atoms with Crippen molar-refractivity contribution in [2.75, 3.05) is 11.9 Å². The van der Waals surface area contributed by atoms with Crippen LogP contribution in [-0.2, 0) is 12.8 Å². The molecular weight excluding hydrogens is 262 g/mol. The minimum absolute atomic E-state index is 0.186. The van der Waals surface area contributed by atoms with Gasteiger partial charge in [0.15, 0.2) is 0 Å². The molecule has 0 bridgehead atoms. The van der Waals surface area contributed by atoms with Gasteiger partial charge in [-0.15, -0.1) is 0 Å². The second-order valence-corrected chi connectivity index (χ2v) is 7.28. The second kappa shape index (κ2) is 6.30. The zero-order valence-electron chi connectivity index (χ0n) is 14.0. The lowest BCUT2D eigenvalue weighted by Crippen LogP contribution is -2.39. The quantitative estimate of drug-likeness (QED) is 0.875. The third kappa shape index (κ3) is 3.73. The lowest BCUT2D eigenvalue weighted by Gasteiger charge is -2.34. The molecule has 0 amide bonds. The van der Waals surface area contributed by atoms with Crippen molar-refractivity contribution >= 4 is 5.82 Å². The van der Waals surface area contributed by atoms with E-state index in [4.69, 9.17) is 0 Å². The van der Waals surface area contributed by atoms with Crippen molar-refractivity contribution in [2.45, 2.75) is 66.4 Å². The fourth-order valence-corrected chi connectivity index (χ4v) is 3.18. The van der Waals surface area contributed by atoms with Crippen molar-refractivity contribution in [1.29, 1.82) is 0 Å². The Kier molecular flexibility index (Phi) is 4.87. The number of rotatable bonds is 5. The summed E-state index contributed by atoms with van der Waals surface area (Å²) in [5.74, 6) is 2.06. The summed E-state index contributed by atoms with van der Waals surface area (Å²) in [6, 6.07) is 0. The van der Waals surface area contributed by atoms with Gasteiger partial charge in [-0.3, -0.25) is 0 Å². The molecule has 4 nitrogen and oxygen atoms in total. The first-order valence-corrected chi connectivity index (χ1v) is 8.09. The molecule has 1 aromatic heterocycles. The molecule has 0 spiro atoms. The minimum atomic E-state index is -0.330. The monoisotopic (exact) mass is 291 g/mol. The molecule has 21 heavy (non-hydrogen) atoms. The summed E-state index contributed by atoms with van der Waals surface area (Å²) in [4.78, 5) is 9.17. The number of hydrogen-bond donors (Lipinski definition) is 2. The molecule has 1 heterocycles. The number of nitrogens with zero attached hydrogens (tertiary/aromatic N) is 2. The van der Waals surface area contributed by atoms with Gasteiger partial charge in [0.2, 0.25) is 0 Å². The van der Waals surface area contributed by atoms with Crippen molar-refractivity contribution in [3.63, 3.8) is 0 Å². The van der Waals surface area contributed by atoms with E-state index in [0.29, 0.717) is 0 Å². The van der Waals surface area contributed by atoms with Gasteiger partial charge in [0.25, 0.3) is 0 Å². The molecule has 0 fully saturated rings. The third-order valence-corrected chi connectivity index (χ3v) is 4.44. The molecule has 0 aromatic carbocycles. The Morgan fingerprint density at radius 2 is 1.86 bits per heavy atom. The molecule has 0 radical (unpaired) electrons. The maximum atomic E-state index is 10.4. The molecule has 118 valence electrons. The average Bonchev–Trinajstić information content (AvgIpc) is 2.43. The maximum Gasteiger partial charge on any atom is 0.133 e. The van der Waals surface area contributed by atoms with Gasteiger partial charge in [-0.05, 0) is 38.5 Å². The van der Waals surface area contributed by atoms with Gasteiger partial charge in [0, 0.05) is 23.2 Å². The highest BCUT2D eigenvalue weighted by molar-refractivity contribution is 5.48. The number of nitrogens with one attached hydrogen (secondary N) is 1. The number of fused-ring (bicyclic) bond motifs is 1. The molecule has 1 unspecified atom stereocenters. The van der Waals surface area contributed by atoms with Crippen LogP contribution in [-0.4, -0.2) is 27.7 Å². The van der Waals surface area contributed by atoms with Crippen LogP contribution in [0.15, 0.2) is 0 Å². The normalized spacial score (nSPS) is 16.7. The molecule has 4 heteroatoms. The summed E-state index contributed by atoms with van der Waals surface area (Å²) < 4.78 is 0. The van der Waals surface area contributed by atoms with E-state index >= 15 is 0 Å². The molecule has 1 aliphatic carbocycles. The Morgan fingerprint density at radius 1 is 1.19 bits per heavy atom. The van der Waals surface area contributed by atoms with E-state index in [9.17, 15) is 5.11 Å². The van der Waals surface area contributed by atoms with Gasteiger partial charge in [-0.25, -0.2) is 9.97 Å². The number of aromatic nitrogens is 2. The van der Waals surface area contributed by atoms with E-state index in [1.54, 1.807) is 0 Å². The first kappa shape index (κ1) is 16.2. The summed E-state index contributed by atoms with van der Waals surface area (Å²) in [6.07, 6.45) is 4.23. The second-order valence-electron chi connectivity index (χ2n) is 7.28. The smallest absolute Gasteiger partial charge is 0.133 e. The van der Waals surface area contributed by atoms with Crippen molar-refractivity contribution < 1.29 is 5.11 Å². The van der Waals surface area contributed by atoms with Crippen molar-refractivity contribution in [2.24, 2.45) is 11.3 Å². The molecule has 2 N–H and O–H groups in total. The van der Waals surface area contributed by atoms with E-state index in [1.165, 1.54) is 24.1 Å². The Labute approximate surface area is 128 Å². The highest BCUT2D eigenvalue weighted by Crippen LogP contribution is 2.29. The first-order chi connectivity index (χ1) is 9.81. The first-order valence-electron chi connectivity index (χ1n) is 8.09. The topological polar surface area (TPSA) is 58.0 Å². The summed E-state index contributed by atoms with van der Waals surface area (Å²) in [7, 11) is 0. The number of aliphatic hydroxyl groups excluding tert-OH is 1. The SMILES string of the molecule is Cc1nc2c(c(NCC(C)(C)C(O)C(C)C)n1)CCCC2. The van der Waals surface area contributed by atoms with Crippen molar-refractivity contribution in [1.82, 2.24) is 9.97 Å². The number of anilines is 1. The van der Waals surface area contributed by atoms with Gasteiger partial charge >= 0.3 is 0 Å². The molecule has 0 saturated heterocycles. The molecule has 1 atom stereocenters. The van der Waals surface area contributed by atoms with Gasteiger partial charge in [0.05, 0.1) is 6.10 Å². The van der Waals surface area contributed by atoms with Crippen molar-refractivity contribution in [3.05, 3.63) is 17.1 Å². The van der Waals surface area contributed by atoms with Gasteiger partial charge < -0.3 is 10.4 Å². The average molecular weight is 291 g/mol. The van der Waals surface area contributed by atoms with Crippen LogP contribution in [0.5, 0.6) is 0 Å². The van der Waals surface area contributed by atoms with Crippen LogP contribution < -0.4 is 5.32 Å². The summed E-state index contributed by atoms with van der Waals surface area (Å²) >= 11 is 0. The lowest BCUT2D eigenvalue weighted by atomic mass is 9.80. The van der Waals surface area contributed by atoms with Gasteiger partial charge in [-0.1, -0.05) is 27.7 Å². The van der Waals surface area contributed by atoms with Gasteiger partial charge in [0.1, 0.15) is 11.6 Å². The van der Waals surface area contributed by atoms with Crippen LogP contribution in [0.25, 0.3) is 0 Å². The highest BCUT2D eigenvalue weighted by Gasteiger charge is 2.30. The Bertz CT molecular complexity index is 497. The fraction of sp³-hybridized carbons (Fsp3) is 0.765.